The van der Waals surface area contributed by atoms with E-state index in [2.05, 4.69) is 12.1 Å². The lowest BCUT2D eigenvalue weighted by Gasteiger charge is -2.15. The molecule has 1 aromatic rings. The predicted octanol–water partition coefficient (Wildman–Crippen LogP) is 6.73. The second-order valence-electron chi connectivity index (χ2n) is 6.87. The summed E-state index contributed by atoms with van der Waals surface area (Å²) in [4.78, 5) is 5.19. The van der Waals surface area contributed by atoms with Gasteiger partial charge in [0.15, 0.2) is 5.29 Å². The van der Waals surface area contributed by atoms with E-state index in [1.54, 1.807) is 0 Å². The molecule has 0 aromatic heterocycles. The summed E-state index contributed by atoms with van der Waals surface area (Å²) in [7, 11) is 0. The van der Waals surface area contributed by atoms with E-state index < -0.39 is 5.29 Å². The zero-order valence-electron chi connectivity index (χ0n) is 17.5. The molecule has 0 bridgehead atoms. The first kappa shape index (κ1) is 24.3. The van der Waals surface area contributed by atoms with Crippen LogP contribution in [0.15, 0.2) is 28.7 Å². The lowest BCUT2D eigenvalue weighted by atomic mass is 10.1. The number of benzene rings is 1. The third-order valence-corrected chi connectivity index (χ3v) is 4.22. The fourth-order valence-electron chi connectivity index (χ4n) is 2.71. The summed E-state index contributed by atoms with van der Waals surface area (Å²) >= 11 is 5.18. The molecule has 0 spiro atoms. The van der Waals surface area contributed by atoms with Crippen LogP contribution in [0.2, 0.25) is 0 Å². The molecule has 158 valence electrons. The van der Waals surface area contributed by atoms with Crippen LogP contribution in [-0.4, -0.2) is 25.5 Å². The first-order valence-electron chi connectivity index (χ1n) is 9.97. The van der Waals surface area contributed by atoms with E-state index in [-0.39, 0.29) is 6.61 Å². The van der Waals surface area contributed by atoms with Crippen LogP contribution in [0.4, 0.5) is 4.39 Å². The molecule has 1 rings (SSSR count). The molecule has 0 aliphatic carbocycles. The van der Waals surface area contributed by atoms with E-state index in [9.17, 15) is 4.39 Å². The summed E-state index contributed by atoms with van der Waals surface area (Å²) in [5, 5.41) is 3.16. The minimum absolute atomic E-state index is 0.105. The predicted molar refractivity (Wildman–Crippen MR) is 114 cm³/mol. The molecule has 0 amide bonds. The zero-order valence-corrected chi connectivity index (χ0v) is 18.3. The number of oxime groups is 1. The van der Waals surface area contributed by atoms with Crippen LogP contribution in [0.3, 0.4) is 0 Å². The van der Waals surface area contributed by atoms with Gasteiger partial charge in [-0.2, -0.15) is 4.39 Å². The number of aryl methyl sites for hydroxylation is 2. The van der Waals surface area contributed by atoms with Gasteiger partial charge in [-0.05, 0) is 69.7 Å². The van der Waals surface area contributed by atoms with Gasteiger partial charge in [0.2, 0.25) is 0 Å². The highest BCUT2D eigenvalue weighted by Gasteiger charge is 2.09. The molecule has 0 unspecified atom stereocenters. The Kier molecular flexibility index (Phi) is 12.4. The fourth-order valence-corrected chi connectivity index (χ4v) is 2.78. The maximum Gasteiger partial charge on any atom is 0.188 e. The van der Waals surface area contributed by atoms with Gasteiger partial charge in [0.1, 0.15) is 24.7 Å². The van der Waals surface area contributed by atoms with Crippen molar-refractivity contribution in [3.63, 3.8) is 0 Å². The second kappa shape index (κ2) is 14.3. The maximum absolute atomic E-state index is 12.5. The van der Waals surface area contributed by atoms with Crippen LogP contribution < -0.4 is 9.47 Å². The molecule has 0 aliphatic heterocycles. The molecule has 0 fully saturated rings. The van der Waals surface area contributed by atoms with Crippen molar-refractivity contribution < 1.29 is 18.7 Å². The van der Waals surface area contributed by atoms with E-state index in [1.165, 1.54) is 12.5 Å². The minimum Gasteiger partial charge on any atom is -0.493 e. The Labute approximate surface area is 173 Å². The van der Waals surface area contributed by atoms with Gasteiger partial charge in [-0.15, -0.1) is 0 Å². The average molecular weight is 414 g/mol. The van der Waals surface area contributed by atoms with Gasteiger partial charge in [0, 0.05) is 6.08 Å². The number of rotatable bonds is 14. The van der Waals surface area contributed by atoms with Gasteiger partial charge in [-0.3, -0.25) is 0 Å². The van der Waals surface area contributed by atoms with Gasteiger partial charge in [-0.25, -0.2) is 0 Å². The normalized spacial score (nSPS) is 11.3. The number of nitrogens with zero attached hydrogens (tertiary/aromatic N) is 1. The molecular formula is C22H33ClFNO3. The van der Waals surface area contributed by atoms with Crippen molar-refractivity contribution in [1.82, 2.24) is 0 Å². The highest BCUT2D eigenvalue weighted by atomic mass is 35.5. The van der Waals surface area contributed by atoms with Gasteiger partial charge in [0.05, 0.1) is 12.3 Å². The molecule has 0 atom stereocenters. The van der Waals surface area contributed by atoms with Crippen LogP contribution >= 0.6 is 11.6 Å². The Balaban J connectivity index is 2.33. The Hall–Kier alpha value is -1.75. The maximum atomic E-state index is 12.5. The molecule has 0 saturated heterocycles. The van der Waals surface area contributed by atoms with E-state index in [0.29, 0.717) is 19.0 Å². The molecule has 0 radical (unpaired) electrons. The van der Waals surface area contributed by atoms with Crippen molar-refractivity contribution in [2.45, 2.75) is 66.2 Å². The lowest BCUT2D eigenvalue weighted by molar-refractivity contribution is 0.139. The molecule has 0 heterocycles. The third-order valence-electron chi connectivity index (χ3n) is 4.07. The fraction of sp³-hybridized carbons (Fsp3) is 0.591. The Bertz CT molecular complexity index is 639. The third kappa shape index (κ3) is 10.5. The highest BCUT2D eigenvalue weighted by Crippen LogP contribution is 2.30. The highest BCUT2D eigenvalue weighted by molar-refractivity contribution is 6.28. The SMILES string of the molecule is CCc1cc(OC/C=C(/F)Cl)cc(C)c1OCCCCCCCON=C(C)C. The van der Waals surface area contributed by atoms with Crippen LogP contribution in [0.1, 0.15) is 64.0 Å². The van der Waals surface area contributed by atoms with E-state index in [4.69, 9.17) is 25.9 Å². The van der Waals surface area contributed by atoms with Crippen LogP contribution in [0, 0.1) is 6.92 Å². The Morgan fingerprint density at radius 1 is 1.07 bits per heavy atom. The molecule has 6 heteroatoms. The summed E-state index contributed by atoms with van der Waals surface area (Å²) in [6.07, 6.45) is 7.52. The lowest BCUT2D eigenvalue weighted by Crippen LogP contribution is -2.03. The Morgan fingerprint density at radius 3 is 2.39 bits per heavy atom. The van der Waals surface area contributed by atoms with E-state index in [0.717, 1.165) is 54.7 Å². The van der Waals surface area contributed by atoms with Crippen LogP contribution in [-0.2, 0) is 11.3 Å². The van der Waals surface area contributed by atoms with Crippen molar-refractivity contribution in [2.75, 3.05) is 19.8 Å². The van der Waals surface area contributed by atoms with Crippen molar-refractivity contribution >= 4 is 17.3 Å². The van der Waals surface area contributed by atoms with Gasteiger partial charge in [0.25, 0.3) is 0 Å². The quantitative estimate of drug-likeness (QED) is 0.193. The Morgan fingerprint density at radius 2 is 1.75 bits per heavy atom. The topological polar surface area (TPSA) is 40.0 Å². The molecule has 0 N–H and O–H groups in total. The number of ether oxygens (including phenoxy) is 2. The zero-order chi connectivity index (χ0) is 20.8. The van der Waals surface area contributed by atoms with Crippen molar-refractivity contribution in [3.8, 4) is 11.5 Å². The molecule has 0 saturated carbocycles. The minimum atomic E-state index is -0.760. The van der Waals surface area contributed by atoms with Gasteiger partial charge >= 0.3 is 0 Å². The summed E-state index contributed by atoms with van der Waals surface area (Å²) in [5.74, 6) is 1.62. The summed E-state index contributed by atoms with van der Waals surface area (Å²) < 4.78 is 24.1. The second-order valence-corrected chi connectivity index (χ2v) is 7.24. The number of halogens is 2. The van der Waals surface area contributed by atoms with Crippen molar-refractivity contribution in [1.29, 1.82) is 0 Å². The van der Waals surface area contributed by atoms with Crippen molar-refractivity contribution in [2.24, 2.45) is 5.16 Å². The monoisotopic (exact) mass is 413 g/mol. The van der Waals surface area contributed by atoms with Crippen LogP contribution in [0.5, 0.6) is 11.5 Å². The van der Waals surface area contributed by atoms with E-state index in [1.807, 2.05) is 32.9 Å². The number of hydrogen-bond acceptors (Lipinski definition) is 4. The number of unbranched alkanes of at least 4 members (excludes halogenated alkanes) is 4. The van der Waals surface area contributed by atoms with E-state index >= 15 is 0 Å². The van der Waals surface area contributed by atoms with Crippen LogP contribution in [0.25, 0.3) is 0 Å². The molecular weight excluding hydrogens is 381 g/mol. The molecule has 4 nitrogen and oxygen atoms in total. The van der Waals surface area contributed by atoms with Gasteiger partial charge < -0.3 is 14.3 Å². The first-order chi connectivity index (χ1) is 13.4. The smallest absolute Gasteiger partial charge is 0.188 e. The first-order valence-corrected chi connectivity index (χ1v) is 10.3. The van der Waals surface area contributed by atoms with Gasteiger partial charge in [-0.1, -0.05) is 36.5 Å². The standard InChI is InChI=1S/C22H33ClFNO3/c1-5-19-16-20(26-14-11-21(23)24)15-18(4)22(19)27-12-9-7-6-8-10-13-28-25-17(2)3/h11,15-16H,5-10,12-14H2,1-4H3/b21-11+. The average Bonchev–Trinajstić information content (AvgIpc) is 2.63. The summed E-state index contributed by atoms with van der Waals surface area (Å²) in [6.45, 7) is 9.41. The van der Waals surface area contributed by atoms with Crippen molar-refractivity contribution in [3.05, 3.63) is 34.6 Å². The summed E-state index contributed by atoms with van der Waals surface area (Å²) in [6, 6.07) is 3.86. The molecule has 28 heavy (non-hydrogen) atoms. The largest absolute Gasteiger partial charge is 0.493 e. The summed E-state index contributed by atoms with van der Waals surface area (Å²) in [5.41, 5.74) is 3.06. The molecule has 0 aliphatic rings. The molecule has 1 aromatic carbocycles. The number of hydrogen-bond donors (Lipinski definition) is 0.